The van der Waals surface area contributed by atoms with E-state index in [1.165, 1.54) is 0 Å². The Morgan fingerprint density at radius 1 is 0.704 bits per heavy atom. The van der Waals surface area contributed by atoms with Crippen molar-refractivity contribution in [2.45, 2.75) is 19.9 Å². The molecule has 3 aromatic rings. The Morgan fingerprint density at radius 3 is 1.78 bits per heavy atom. The van der Waals surface area contributed by atoms with Gasteiger partial charge in [-0.05, 0) is 48.2 Å². The maximum absolute atomic E-state index is 12.5. The van der Waals surface area contributed by atoms with E-state index in [4.69, 9.17) is 0 Å². The number of hydrogen-bond acceptors (Lipinski definition) is 2. The highest BCUT2D eigenvalue weighted by molar-refractivity contribution is 6.39. The van der Waals surface area contributed by atoms with Gasteiger partial charge in [0.15, 0.2) is 0 Å². The Balaban J connectivity index is 1.78. The monoisotopic (exact) mass is 358 g/mol. The van der Waals surface area contributed by atoms with E-state index in [1.54, 1.807) is 6.07 Å². The van der Waals surface area contributed by atoms with Gasteiger partial charge < -0.3 is 10.6 Å². The van der Waals surface area contributed by atoms with Gasteiger partial charge in [0.05, 0.1) is 6.04 Å². The number of anilines is 1. The van der Waals surface area contributed by atoms with Gasteiger partial charge in [-0.1, -0.05) is 66.7 Å². The molecule has 0 atom stereocenters. The van der Waals surface area contributed by atoms with Gasteiger partial charge in [0, 0.05) is 5.69 Å². The number of carbonyl (C=O) groups is 2. The molecular formula is C23H22N2O2. The lowest BCUT2D eigenvalue weighted by Gasteiger charge is -2.19. The van der Waals surface area contributed by atoms with Crippen LogP contribution in [0.2, 0.25) is 0 Å². The minimum Gasteiger partial charge on any atom is -0.337 e. The van der Waals surface area contributed by atoms with Gasteiger partial charge in [0.2, 0.25) is 0 Å². The third-order valence-corrected chi connectivity index (χ3v) is 4.51. The second-order valence-electron chi connectivity index (χ2n) is 6.48. The van der Waals surface area contributed by atoms with E-state index in [1.807, 2.05) is 86.6 Å². The Hall–Kier alpha value is -3.40. The SMILES string of the molecule is Cc1ccc(NC(=O)C(=O)NC(c2ccccc2)c2ccccc2)cc1C. The predicted molar refractivity (Wildman–Crippen MR) is 107 cm³/mol. The van der Waals surface area contributed by atoms with Crippen LogP contribution in [0.3, 0.4) is 0 Å². The zero-order valence-electron chi connectivity index (χ0n) is 15.4. The maximum Gasteiger partial charge on any atom is 0.313 e. The summed E-state index contributed by atoms with van der Waals surface area (Å²) in [6.45, 7) is 3.96. The Bertz CT molecular complexity index is 898. The first-order valence-electron chi connectivity index (χ1n) is 8.83. The summed E-state index contributed by atoms with van der Waals surface area (Å²) in [4.78, 5) is 24.9. The van der Waals surface area contributed by atoms with Crippen LogP contribution in [0.5, 0.6) is 0 Å². The molecule has 4 nitrogen and oxygen atoms in total. The smallest absolute Gasteiger partial charge is 0.313 e. The molecular weight excluding hydrogens is 336 g/mol. The molecule has 0 saturated heterocycles. The predicted octanol–water partition coefficient (Wildman–Crippen LogP) is 4.15. The van der Waals surface area contributed by atoms with Gasteiger partial charge >= 0.3 is 11.8 Å². The van der Waals surface area contributed by atoms with Crippen LogP contribution < -0.4 is 10.6 Å². The van der Waals surface area contributed by atoms with Gasteiger partial charge in [-0.3, -0.25) is 9.59 Å². The zero-order chi connectivity index (χ0) is 19.2. The molecule has 3 aromatic carbocycles. The Kier molecular flexibility index (Phi) is 5.67. The van der Waals surface area contributed by atoms with Crippen LogP contribution in [-0.2, 0) is 9.59 Å². The average Bonchev–Trinajstić information content (AvgIpc) is 2.70. The van der Waals surface area contributed by atoms with Crippen LogP contribution in [0.15, 0.2) is 78.9 Å². The molecule has 0 unspecified atom stereocenters. The fourth-order valence-electron chi connectivity index (χ4n) is 2.85. The lowest BCUT2D eigenvalue weighted by molar-refractivity contribution is -0.136. The average molecular weight is 358 g/mol. The molecule has 0 heterocycles. The first kappa shape index (κ1) is 18.4. The normalized spacial score (nSPS) is 10.5. The van der Waals surface area contributed by atoms with Gasteiger partial charge in [-0.25, -0.2) is 0 Å². The van der Waals surface area contributed by atoms with Crippen LogP contribution in [0.1, 0.15) is 28.3 Å². The standard InChI is InChI=1S/C23H22N2O2/c1-16-13-14-20(15-17(16)2)24-22(26)23(27)25-21(18-9-5-3-6-10-18)19-11-7-4-8-12-19/h3-15,21H,1-2H3,(H,24,26)(H,25,27). The van der Waals surface area contributed by atoms with E-state index in [-0.39, 0.29) is 0 Å². The molecule has 0 aliphatic heterocycles. The number of rotatable bonds is 4. The molecule has 0 aliphatic rings. The first-order chi connectivity index (χ1) is 13.0. The third-order valence-electron chi connectivity index (χ3n) is 4.51. The molecule has 0 radical (unpaired) electrons. The van der Waals surface area contributed by atoms with Crippen molar-refractivity contribution >= 4 is 17.5 Å². The van der Waals surface area contributed by atoms with E-state index >= 15 is 0 Å². The molecule has 136 valence electrons. The van der Waals surface area contributed by atoms with Crippen LogP contribution in [0, 0.1) is 13.8 Å². The van der Waals surface area contributed by atoms with Crippen LogP contribution in [0.4, 0.5) is 5.69 Å². The molecule has 3 rings (SSSR count). The van der Waals surface area contributed by atoms with Crippen molar-refractivity contribution < 1.29 is 9.59 Å². The molecule has 0 fully saturated rings. The van der Waals surface area contributed by atoms with Gasteiger partial charge in [-0.2, -0.15) is 0 Å². The lowest BCUT2D eigenvalue weighted by Crippen LogP contribution is -2.38. The number of aryl methyl sites for hydroxylation is 2. The molecule has 0 aliphatic carbocycles. The topological polar surface area (TPSA) is 58.2 Å². The van der Waals surface area contributed by atoms with Crippen molar-refractivity contribution in [3.8, 4) is 0 Å². The van der Waals surface area contributed by atoms with E-state index in [2.05, 4.69) is 10.6 Å². The highest BCUT2D eigenvalue weighted by Gasteiger charge is 2.21. The quantitative estimate of drug-likeness (QED) is 0.689. The summed E-state index contributed by atoms with van der Waals surface area (Å²) in [5.41, 5.74) is 4.62. The lowest BCUT2D eigenvalue weighted by atomic mass is 9.98. The molecule has 0 saturated carbocycles. The summed E-state index contributed by atoms with van der Waals surface area (Å²) < 4.78 is 0. The molecule has 2 amide bonds. The number of carbonyl (C=O) groups excluding carboxylic acids is 2. The molecule has 0 spiro atoms. The summed E-state index contributed by atoms with van der Waals surface area (Å²) in [7, 11) is 0. The van der Waals surface area contributed by atoms with Gasteiger partial charge in [0.1, 0.15) is 0 Å². The summed E-state index contributed by atoms with van der Waals surface area (Å²) >= 11 is 0. The molecule has 0 aromatic heterocycles. The van der Waals surface area contributed by atoms with Crippen molar-refractivity contribution in [2.24, 2.45) is 0 Å². The van der Waals surface area contributed by atoms with E-state index < -0.39 is 17.9 Å². The molecule has 27 heavy (non-hydrogen) atoms. The second-order valence-corrected chi connectivity index (χ2v) is 6.48. The highest BCUT2D eigenvalue weighted by Crippen LogP contribution is 2.22. The maximum atomic E-state index is 12.5. The summed E-state index contributed by atoms with van der Waals surface area (Å²) in [5.74, 6) is -1.36. The second kappa shape index (κ2) is 8.32. The van der Waals surface area contributed by atoms with Crippen molar-refractivity contribution in [3.05, 3.63) is 101 Å². The zero-order valence-corrected chi connectivity index (χ0v) is 15.4. The molecule has 0 bridgehead atoms. The van der Waals surface area contributed by atoms with Gasteiger partial charge in [0.25, 0.3) is 0 Å². The minimum atomic E-state index is -0.685. The van der Waals surface area contributed by atoms with Crippen LogP contribution in [0.25, 0.3) is 0 Å². The number of benzene rings is 3. The van der Waals surface area contributed by atoms with Crippen molar-refractivity contribution in [2.75, 3.05) is 5.32 Å². The Labute approximate surface area is 159 Å². The number of hydrogen-bond donors (Lipinski definition) is 2. The molecule has 4 heteroatoms. The van der Waals surface area contributed by atoms with Crippen molar-refractivity contribution in [1.82, 2.24) is 5.32 Å². The highest BCUT2D eigenvalue weighted by atomic mass is 16.2. The summed E-state index contributed by atoms with van der Waals surface area (Å²) in [6.07, 6.45) is 0. The fourth-order valence-corrected chi connectivity index (χ4v) is 2.85. The Morgan fingerprint density at radius 2 is 1.26 bits per heavy atom. The largest absolute Gasteiger partial charge is 0.337 e. The summed E-state index contributed by atoms with van der Waals surface area (Å²) in [5, 5.41) is 5.51. The van der Waals surface area contributed by atoms with E-state index in [9.17, 15) is 9.59 Å². The van der Waals surface area contributed by atoms with E-state index in [0.717, 1.165) is 22.3 Å². The minimum absolute atomic E-state index is 0.398. The van der Waals surface area contributed by atoms with Crippen molar-refractivity contribution in [1.29, 1.82) is 0 Å². The van der Waals surface area contributed by atoms with Crippen LogP contribution >= 0.6 is 0 Å². The first-order valence-corrected chi connectivity index (χ1v) is 8.83. The molecule has 2 N–H and O–H groups in total. The fraction of sp³-hybridized carbons (Fsp3) is 0.130. The van der Waals surface area contributed by atoms with E-state index in [0.29, 0.717) is 5.69 Å². The van der Waals surface area contributed by atoms with Crippen molar-refractivity contribution in [3.63, 3.8) is 0 Å². The number of nitrogens with one attached hydrogen (secondary N) is 2. The summed E-state index contributed by atoms with van der Waals surface area (Å²) in [6, 6.07) is 24.4. The van der Waals surface area contributed by atoms with Gasteiger partial charge in [-0.15, -0.1) is 0 Å². The van der Waals surface area contributed by atoms with Crippen LogP contribution in [-0.4, -0.2) is 11.8 Å². The number of amides is 2. The third kappa shape index (κ3) is 4.61.